The zero-order valence-corrected chi connectivity index (χ0v) is 17.7. The zero-order valence-electron chi connectivity index (χ0n) is 17.7. The second kappa shape index (κ2) is 7.21. The number of hydrogen-bond acceptors (Lipinski definition) is 3. The molecule has 0 saturated carbocycles. The number of rotatable bonds is 4. The standard InChI is InChI=1S/C24H25F3N2O2/c1-22(2,3)12-15-10-18(16-13-28-29(14-16)8-9-30)21-17-6-4-5-7-19(17)23(31,20(21)11-15)24(25,26)27/h4-7,10-11,13-14,30-31H,8-9,12H2,1-3H3. The number of halogens is 3. The van der Waals surface area contributed by atoms with Gasteiger partial charge in [-0.3, -0.25) is 4.68 Å². The maximum Gasteiger partial charge on any atom is 0.425 e. The highest BCUT2D eigenvalue weighted by Crippen LogP contribution is 2.57. The monoisotopic (exact) mass is 430 g/mol. The Morgan fingerprint density at radius 2 is 1.74 bits per heavy atom. The summed E-state index contributed by atoms with van der Waals surface area (Å²) in [6.07, 6.45) is -1.05. The average Bonchev–Trinajstić information content (AvgIpc) is 3.23. The van der Waals surface area contributed by atoms with E-state index in [1.165, 1.54) is 18.2 Å². The van der Waals surface area contributed by atoms with Gasteiger partial charge in [0.15, 0.2) is 0 Å². The van der Waals surface area contributed by atoms with Crippen molar-refractivity contribution in [3.63, 3.8) is 0 Å². The van der Waals surface area contributed by atoms with Crippen LogP contribution in [0.4, 0.5) is 13.2 Å². The molecule has 0 aliphatic heterocycles. The van der Waals surface area contributed by atoms with Crippen molar-refractivity contribution in [1.29, 1.82) is 0 Å². The van der Waals surface area contributed by atoms with Crippen molar-refractivity contribution in [1.82, 2.24) is 9.78 Å². The van der Waals surface area contributed by atoms with Crippen molar-refractivity contribution in [3.05, 3.63) is 65.5 Å². The van der Waals surface area contributed by atoms with Crippen LogP contribution in [0.2, 0.25) is 0 Å². The van der Waals surface area contributed by atoms with Crippen molar-refractivity contribution in [2.75, 3.05) is 6.61 Å². The first-order chi connectivity index (χ1) is 14.5. The van der Waals surface area contributed by atoms with E-state index in [9.17, 15) is 23.4 Å². The summed E-state index contributed by atoms with van der Waals surface area (Å²) in [5, 5.41) is 24.6. The molecule has 164 valence electrons. The minimum atomic E-state index is -4.88. The Morgan fingerprint density at radius 1 is 1.03 bits per heavy atom. The smallest absolute Gasteiger partial charge is 0.394 e. The molecular weight excluding hydrogens is 405 g/mol. The predicted octanol–water partition coefficient (Wildman–Crippen LogP) is 4.91. The van der Waals surface area contributed by atoms with Crippen LogP contribution in [0.15, 0.2) is 48.8 Å². The first kappa shape index (κ1) is 21.6. The fraction of sp³-hybridized carbons (Fsp3) is 0.375. The Balaban J connectivity index is 2.04. The van der Waals surface area contributed by atoms with Crippen LogP contribution in [-0.4, -0.2) is 32.8 Å². The molecule has 0 bridgehead atoms. The highest BCUT2D eigenvalue weighted by molar-refractivity contribution is 5.92. The number of benzene rings is 2. The van der Waals surface area contributed by atoms with E-state index in [-0.39, 0.29) is 29.7 Å². The molecule has 2 aromatic carbocycles. The molecule has 1 heterocycles. The number of alkyl halides is 3. The lowest BCUT2D eigenvalue weighted by atomic mass is 9.83. The van der Waals surface area contributed by atoms with Crippen LogP contribution in [0.5, 0.6) is 0 Å². The molecule has 1 aliphatic rings. The van der Waals surface area contributed by atoms with Gasteiger partial charge in [0.25, 0.3) is 0 Å². The molecule has 0 amide bonds. The molecule has 1 aliphatic carbocycles. The van der Waals surface area contributed by atoms with Crippen molar-refractivity contribution in [2.45, 2.75) is 45.5 Å². The van der Waals surface area contributed by atoms with Crippen LogP contribution >= 0.6 is 0 Å². The summed E-state index contributed by atoms with van der Waals surface area (Å²) >= 11 is 0. The van der Waals surface area contributed by atoms with Gasteiger partial charge in [0.05, 0.1) is 19.3 Å². The van der Waals surface area contributed by atoms with Crippen molar-refractivity contribution < 1.29 is 23.4 Å². The van der Waals surface area contributed by atoms with Gasteiger partial charge in [0, 0.05) is 22.9 Å². The first-order valence-electron chi connectivity index (χ1n) is 10.2. The Hall–Kier alpha value is -2.64. The van der Waals surface area contributed by atoms with E-state index in [1.54, 1.807) is 29.2 Å². The van der Waals surface area contributed by atoms with Gasteiger partial charge >= 0.3 is 6.18 Å². The molecule has 1 atom stereocenters. The lowest BCUT2D eigenvalue weighted by Crippen LogP contribution is -2.41. The fourth-order valence-corrected chi connectivity index (χ4v) is 4.41. The van der Waals surface area contributed by atoms with Crippen LogP contribution in [0.3, 0.4) is 0 Å². The Kier molecular flexibility index (Phi) is 5.02. The molecule has 0 spiro atoms. The van der Waals surface area contributed by atoms with Gasteiger partial charge < -0.3 is 10.2 Å². The van der Waals surface area contributed by atoms with Gasteiger partial charge in [-0.15, -0.1) is 0 Å². The minimum Gasteiger partial charge on any atom is -0.394 e. The fourth-order valence-electron chi connectivity index (χ4n) is 4.41. The molecule has 2 N–H and O–H groups in total. The number of aliphatic hydroxyl groups is 2. The molecular formula is C24H25F3N2O2. The van der Waals surface area contributed by atoms with Crippen LogP contribution in [0.25, 0.3) is 22.3 Å². The molecule has 3 aromatic rings. The maximum atomic E-state index is 14.3. The maximum absolute atomic E-state index is 14.3. The highest BCUT2D eigenvalue weighted by Gasteiger charge is 2.61. The molecule has 31 heavy (non-hydrogen) atoms. The van der Waals surface area contributed by atoms with Gasteiger partial charge in [-0.25, -0.2) is 0 Å². The van der Waals surface area contributed by atoms with E-state index in [1.807, 2.05) is 26.8 Å². The number of fused-ring (bicyclic) bond motifs is 3. The third-order valence-electron chi connectivity index (χ3n) is 5.59. The number of aromatic nitrogens is 2. The van der Waals surface area contributed by atoms with Crippen LogP contribution in [-0.2, 0) is 18.6 Å². The van der Waals surface area contributed by atoms with E-state index in [4.69, 9.17) is 0 Å². The Morgan fingerprint density at radius 3 is 2.39 bits per heavy atom. The quantitative estimate of drug-likeness (QED) is 0.618. The summed E-state index contributed by atoms with van der Waals surface area (Å²) in [6, 6.07) is 9.52. The average molecular weight is 430 g/mol. The third-order valence-corrected chi connectivity index (χ3v) is 5.59. The highest BCUT2D eigenvalue weighted by atomic mass is 19.4. The molecule has 0 saturated heterocycles. The molecule has 0 radical (unpaired) electrons. The third kappa shape index (κ3) is 3.55. The molecule has 4 nitrogen and oxygen atoms in total. The molecule has 4 rings (SSSR count). The molecule has 7 heteroatoms. The first-order valence-corrected chi connectivity index (χ1v) is 10.2. The molecule has 0 fully saturated rings. The Labute approximate surface area is 179 Å². The summed E-state index contributed by atoms with van der Waals surface area (Å²) in [7, 11) is 0. The van der Waals surface area contributed by atoms with E-state index in [2.05, 4.69) is 5.10 Å². The van der Waals surface area contributed by atoms with Gasteiger partial charge in [-0.2, -0.15) is 18.3 Å². The van der Waals surface area contributed by atoms with Gasteiger partial charge in [0.1, 0.15) is 0 Å². The normalized spacial score (nSPS) is 18.2. The molecule has 1 aromatic heterocycles. The second-order valence-corrected chi connectivity index (χ2v) is 9.27. The lowest BCUT2D eigenvalue weighted by molar-refractivity contribution is -0.246. The number of nitrogens with zero attached hydrogens (tertiary/aromatic N) is 2. The van der Waals surface area contributed by atoms with Crippen LogP contribution in [0.1, 0.15) is 37.5 Å². The summed E-state index contributed by atoms with van der Waals surface area (Å²) in [4.78, 5) is 0. The SMILES string of the molecule is CC(C)(C)Cc1cc(-c2cnn(CCO)c2)c2c(c1)C(O)(C(F)(F)F)c1ccccc1-2. The topological polar surface area (TPSA) is 58.3 Å². The van der Waals surface area contributed by atoms with E-state index >= 15 is 0 Å². The van der Waals surface area contributed by atoms with Crippen molar-refractivity contribution >= 4 is 0 Å². The number of aliphatic hydroxyl groups excluding tert-OH is 1. The lowest BCUT2D eigenvalue weighted by Gasteiger charge is -2.29. The van der Waals surface area contributed by atoms with Gasteiger partial charge in [0.2, 0.25) is 5.60 Å². The minimum absolute atomic E-state index is 0.0973. The Bertz CT molecular complexity index is 1130. The van der Waals surface area contributed by atoms with Crippen molar-refractivity contribution in [3.8, 4) is 22.3 Å². The van der Waals surface area contributed by atoms with E-state index in [0.717, 1.165) is 0 Å². The van der Waals surface area contributed by atoms with E-state index in [0.29, 0.717) is 34.2 Å². The summed E-state index contributed by atoms with van der Waals surface area (Å²) in [6.45, 7) is 6.24. The number of hydrogen-bond donors (Lipinski definition) is 2. The molecule has 1 unspecified atom stereocenters. The van der Waals surface area contributed by atoms with Crippen LogP contribution < -0.4 is 0 Å². The van der Waals surface area contributed by atoms with Crippen molar-refractivity contribution in [2.24, 2.45) is 5.41 Å². The zero-order chi connectivity index (χ0) is 22.6. The second-order valence-electron chi connectivity index (χ2n) is 9.27. The van der Waals surface area contributed by atoms with Gasteiger partial charge in [-0.05, 0) is 34.1 Å². The summed E-state index contributed by atoms with van der Waals surface area (Å²) < 4.78 is 44.5. The summed E-state index contributed by atoms with van der Waals surface area (Å²) in [5.41, 5.74) is -0.859. The van der Waals surface area contributed by atoms with E-state index < -0.39 is 11.8 Å². The largest absolute Gasteiger partial charge is 0.425 e. The van der Waals surface area contributed by atoms with Gasteiger partial charge in [-0.1, -0.05) is 57.2 Å². The predicted molar refractivity (Wildman–Crippen MR) is 112 cm³/mol. The summed E-state index contributed by atoms with van der Waals surface area (Å²) in [5.74, 6) is 0. The van der Waals surface area contributed by atoms with Crippen LogP contribution in [0, 0.1) is 5.41 Å².